The molecule has 0 bridgehead atoms. The molecule has 2 amide bonds. The van der Waals surface area contributed by atoms with Crippen LogP contribution in [-0.2, 0) is 4.79 Å². The molecule has 0 unspecified atom stereocenters. The van der Waals surface area contributed by atoms with E-state index in [2.05, 4.69) is 10.7 Å². The summed E-state index contributed by atoms with van der Waals surface area (Å²) in [6.07, 6.45) is 1.81. The van der Waals surface area contributed by atoms with E-state index in [1.807, 2.05) is 49.5 Å². The fourth-order valence-electron chi connectivity index (χ4n) is 4.00. The lowest BCUT2D eigenvalue weighted by Gasteiger charge is -2.15. The molecular weight excluding hydrogens is 446 g/mol. The van der Waals surface area contributed by atoms with Crippen molar-refractivity contribution >= 4 is 18.0 Å². The van der Waals surface area contributed by atoms with E-state index in [9.17, 15) is 9.59 Å². The first-order valence-electron chi connectivity index (χ1n) is 11.1. The molecule has 1 fully saturated rings. The van der Waals surface area contributed by atoms with E-state index in [1.54, 1.807) is 56.3 Å². The zero-order chi connectivity index (χ0) is 24.9. The van der Waals surface area contributed by atoms with Crippen molar-refractivity contribution in [2.24, 2.45) is 0 Å². The Morgan fingerprint density at radius 3 is 2.23 bits per heavy atom. The number of benzene rings is 3. The third-order valence-corrected chi connectivity index (χ3v) is 5.89. The van der Waals surface area contributed by atoms with Crippen molar-refractivity contribution in [2.45, 2.75) is 19.0 Å². The topological polar surface area (TPSA) is 88.9 Å². The summed E-state index contributed by atoms with van der Waals surface area (Å²) in [6.45, 7) is 2.00. The first-order chi connectivity index (χ1) is 16.9. The highest BCUT2D eigenvalue weighted by atomic mass is 16.5. The van der Waals surface area contributed by atoms with Crippen molar-refractivity contribution in [3.63, 3.8) is 0 Å². The molecule has 3 aromatic rings. The number of hydrazine groups is 1. The van der Waals surface area contributed by atoms with Crippen molar-refractivity contribution in [1.82, 2.24) is 10.7 Å². The highest BCUT2D eigenvalue weighted by molar-refractivity contribution is 5.98. The van der Waals surface area contributed by atoms with Gasteiger partial charge in [0, 0.05) is 16.7 Å². The number of aryl methyl sites for hydroxylation is 1. The van der Waals surface area contributed by atoms with Crippen molar-refractivity contribution in [3.05, 3.63) is 89.0 Å². The zero-order valence-electron chi connectivity index (χ0n) is 20.1. The Bertz CT molecular complexity index is 1250. The van der Waals surface area contributed by atoms with Crippen LogP contribution >= 0.6 is 0 Å². The van der Waals surface area contributed by atoms with Gasteiger partial charge in [0.25, 0.3) is 5.91 Å². The largest absolute Gasteiger partial charge is 0.497 e. The van der Waals surface area contributed by atoms with E-state index >= 15 is 0 Å². The second-order valence-electron chi connectivity index (χ2n) is 8.16. The number of nitrogens with zero attached hydrogens (tertiary/aromatic N) is 1. The van der Waals surface area contributed by atoms with Crippen molar-refractivity contribution in [3.8, 4) is 17.2 Å². The van der Waals surface area contributed by atoms with Gasteiger partial charge in [-0.25, -0.2) is 0 Å². The van der Waals surface area contributed by atoms with Gasteiger partial charge in [0.15, 0.2) is 17.5 Å². The molecule has 1 saturated heterocycles. The average molecular weight is 475 g/mol. The maximum Gasteiger partial charge on any atom is 0.304 e. The highest BCUT2D eigenvalue weighted by Gasteiger charge is 2.47. The van der Waals surface area contributed by atoms with Crippen LogP contribution in [0.1, 0.15) is 33.1 Å². The minimum absolute atomic E-state index is 0.311. The lowest BCUT2D eigenvalue weighted by atomic mass is 9.98. The first kappa shape index (κ1) is 23.8. The van der Waals surface area contributed by atoms with E-state index < -0.39 is 12.1 Å². The minimum atomic E-state index is -0.816. The molecule has 2 N–H and O–H groups in total. The van der Waals surface area contributed by atoms with Gasteiger partial charge in [-0.3, -0.25) is 9.59 Å². The highest BCUT2D eigenvalue weighted by Crippen LogP contribution is 2.29. The summed E-state index contributed by atoms with van der Waals surface area (Å²) in [5.74, 6) is 1.17. The molecule has 4 rings (SSSR count). The SMILES string of the molecule is COc1ccc(C(=O)N[C@H]2C(=O)N/[N+](=C\c3ccc(OC)c(OC)c3)[C@H]2c2ccc(C)cc2)cc1. The van der Waals surface area contributed by atoms with E-state index in [1.165, 1.54) is 0 Å². The van der Waals surface area contributed by atoms with Crippen molar-refractivity contribution in [1.29, 1.82) is 0 Å². The number of methoxy groups -OCH3 is 3. The predicted octanol–water partition coefficient (Wildman–Crippen LogP) is 3.04. The molecule has 0 aromatic heterocycles. The smallest absolute Gasteiger partial charge is 0.304 e. The minimum Gasteiger partial charge on any atom is -0.497 e. The van der Waals surface area contributed by atoms with Crippen LogP contribution < -0.4 is 25.0 Å². The lowest BCUT2D eigenvalue weighted by molar-refractivity contribution is -0.596. The van der Waals surface area contributed by atoms with Gasteiger partial charge < -0.3 is 19.5 Å². The molecule has 0 spiro atoms. The second kappa shape index (κ2) is 10.3. The van der Waals surface area contributed by atoms with Crippen LogP contribution in [0.15, 0.2) is 66.7 Å². The Kier molecular flexibility index (Phi) is 7.01. The van der Waals surface area contributed by atoms with E-state index in [0.717, 1.165) is 16.7 Å². The number of carbonyl (C=O) groups is 2. The van der Waals surface area contributed by atoms with Crippen LogP contribution in [0.25, 0.3) is 0 Å². The van der Waals surface area contributed by atoms with Crippen LogP contribution in [-0.4, -0.2) is 50.1 Å². The summed E-state index contributed by atoms with van der Waals surface area (Å²) >= 11 is 0. The molecule has 35 heavy (non-hydrogen) atoms. The molecule has 1 aliphatic heterocycles. The standard InChI is InChI=1S/C27H27N3O5/c1-17-5-8-19(9-6-17)25-24(28-26(31)20-10-12-21(33-2)13-11-20)27(32)29-30(25)16-18-7-14-22(34-3)23(15-18)35-4/h5-16,24-25H,1-4H3,(H-,28,29,31,32)/p+1/b30-16-/t24-,25+/m1/s1. The summed E-state index contributed by atoms with van der Waals surface area (Å²) in [4.78, 5) is 26.1. The normalized spacial score (nSPS) is 18.2. The van der Waals surface area contributed by atoms with Gasteiger partial charge in [0.1, 0.15) is 5.75 Å². The number of rotatable bonds is 7. The van der Waals surface area contributed by atoms with Gasteiger partial charge in [-0.05, 0) is 49.4 Å². The molecule has 2 atom stereocenters. The summed E-state index contributed by atoms with van der Waals surface area (Å²) in [5.41, 5.74) is 6.09. The Labute approximate surface area is 204 Å². The fraction of sp³-hybridized carbons (Fsp3) is 0.222. The van der Waals surface area contributed by atoms with Gasteiger partial charge in [0.2, 0.25) is 12.3 Å². The zero-order valence-corrected chi connectivity index (χ0v) is 20.1. The monoisotopic (exact) mass is 474 g/mol. The van der Waals surface area contributed by atoms with Gasteiger partial charge in [-0.2, -0.15) is 0 Å². The molecule has 0 aliphatic carbocycles. The summed E-state index contributed by atoms with van der Waals surface area (Å²) in [6, 6.07) is 18.8. The van der Waals surface area contributed by atoms with Crippen LogP contribution in [0.5, 0.6) is 17.2 Å². The maximum atomic E-state index is 13.1. The van der Waals surface area contributed by atoms with Gasteiger partial charge in [-0.1, -0.05) is 29.8 Å². The molecule has 180 valence electrons. The number of hydrogen-bond acceptors (Lipinski definition) is 5. The van der Waals surface area contributed by atoms with Crippen molar-refractivity contribution < 1.29 is 28.5 Å². The number of nitrogens with one attached hydrogen (secondary N) is 2. The third-order valence-electron chi connectivity index (χ3n) is 5.89. The Morgan fingerprint density at radius 2 is 1.60 bits per heavy atom. The Morgan fingerprint density at radius 1 is 0.914 bits per heavy atom. The summed E-state index contributed by atoms with van der Waals surface area (Å²) in [7, 11) is 4.71. The van der Waals surface area contributed by atoms with E-state index in [4.69, 9.17) is 14.2 Å². The number of amides is 2. The summed E-state index contributed by atoms with van der Waals surface area (Å²) in [5, 5.41) is 2.90. The van der Waals surface area contributed by atoms with Crippen molar-refractivity contribution in [2.75, 3.05) is 21.3 Å². The third kappa shape index (κ3) is 5.11. The molecule has 1 aliphatic rings. The Hall–Kier alpha value is -4.33. The number of carbonyl (C=O) groups excluding carboxylic acids is 2. The van der Waals surface area contributed by atoms with Gasteiger partial charge in [-0.15, -0.1) is 10.1 Å². The van der Waals surface area contributed by atoms with Crippen LogP contribution in [0.4, 0.5) is 0 Å². The van der Waals surface area contributed by atoms with Crippen LogP contribution in [0.3, 0.4) is 0 Å². The number of ether oxygens (including phenoxy) is 3. The molecule has 0 radical (unpaired) electrons. The molecule has 3 aromatic carbocycles. The van der Waals surface area contributed by atoms with Crippen LogP contribution in [0, 0.1) is 6.92 Å². The second-order valence-corrected chi connectivity index (χ2v) is 8.16. The quantitative estimate of drug-likeness (QED) is 0.514. The van der Waals surface area contributed by atoms with Gasteiger partial charge >= 0.3 is 5.91 Å². The maximum absolute atomic E-state index is 13.1. The summed E-state index contributed by atoms with van der Waals surface area (Å²) < 4.78 is 17.6. The average Bonchev–Trinajstić information content (AvgIpc) is 3.18. The number of hydrazone groups is 1. The lowest BCUT2D eigenvalue weighted by Crippen LogP contribution is -2.42. The molecule has 8 heteroatoms. The predicted molar refractivity (Wildman–Crippen MR) is 131 cm³/mol. The van der Waals surface area contributed by atoms with E-state index in [0.29, 0.717) is 22.8 Å². The number of hydrogen-bond donors (Lipinski definition) is 2. The van der Waals surface area contributed by atoms with E-state index in [-0.39, 0.29) is 11.8 Å². The molecule has 1 heterocycles. The molecule has 0 saturated carbocycles. The Balaban J connectivity index is 1.69. The first-order valence-corrected chi connectivity index (χ1v) is 11.1. The molecule has 8 nitrogen and oxygen atoms in total. The molecular formula is C27H28N3O5+. The van der Waals surface area contributed by atoms with Crippen LogP contribution in [0.2, 0.25) is 0 Å². The fourth-order valence-corrected chi connectivity index (χ4v) is 4.00. The van der Waals surface area contributed by atoms with Gasteiger partial charge in [0.05, 0.1) is 21.3 Å².